The molecule has 0 heterocycles. The van der Waals surface area contributed by atoms with Gasteiger partial charge in [-0.25, -0.2) is 0 Å². The smallest absolute Gasteiger partial charge is 0.224 e. The molecule has 4 heteroatoms. The van der Waals surface area contributed by atoms with Gasteiger partial charge in [-0.3, -0.25) is 4.79 Å². The molecule has 1 atom stereocenters. The second-order valence-corrected chi connectivity index (χ2v) is 6.29. The van der Waals surface area contributed by atoms with Crippen LogP contribution in [0.1, 0.15) is 27.7 Å². The summed E-state index contributed by atoms with van der Waals surface area (Å²) in [6, 6.07) is 0. The second-order valence-electron chi connectivity index (χ2n) is 5.67. The largest absolute Gasteiger partial charge is 0.383 e. The third-order valence-corrected chi connectivity index (χ3v) is 4.41. The van der Waals surface area contributed by atoms with Crippen molar-refractivity contribution in [2.45, 2.75) is 33.1 Å². The molecule has 0 spiro atoms. The van der Waals surface area contributed by atoms with Crippen LogP contribution in [0.15, 0.2) is 0 Å². The third-order valence-electron chi connectivity index (χ3n) is 4.13. The van der Waals surface area contributed by atoms with Gasteiger partial charge in [-0.2, -0.15) is 0 Å². The lowest BCUT2D eigenvalue weighted by atomic mass is 10.0. The average molecular weight is 248 g/mol. The van der Waals surface area contributed by atoms with Crippen molar-refractivity contribution >= 4 is 17.5 Å². The molecule has 1 N–H and O–H groups in total. The third kappa shape index (κ3) is 2.35. The van der Waals surface area contributed by atoms with Crippen LogP contribution in [0.5, 0.6) is 0 Å². The van der Waals surface area contributed by atoms with E-state index in [4.69, 9.17) is 16.3 Å². The van der Waals surface area contributed by atoms with E-state index in [-0.39, 0.29) is 28.0 Å². The monoisotopic (exact) mass is 247 g/mol. The molecule has 0 aromatic carbocycles. The van der Waals surface area contributed by atoms with E-state index < -0.39 is 0 Å². The number of nitrogens with one attached hydrogen (secondary N) is 1. The lowest BCUT2D eigenvalue weighted by Gasteiger charge is -2.10. The maximum Gasteiger partial charge on any atom is 0.224 e. The maximum atomic E-state index is 11.9. The Morgan fingerprint density at radius 1 is 1.38 bits per heavy atom. The number of alkyl halides is 1. The van der Waals surface area contributed by atoms with E-state index in [0.717, 1.165) is 0 Å². The predicted octanol–water partition coefficient (Wildman–Crippen LogP) is 2.04. The van der Waals surface area contributed by atoms with Crippen LogP contribution >= 0.6 is 11.6 Å². The van der Waals surface area contributed by atoms with Crippen molar-refractivity contribution in [3.63, 3.8) is 0 Å². The van der Waals surface area contributed by atoms with Crippen molar-refractivity contribution in [1.29, 1.82) is 0 Å². The highest BCUT2D eigenvalue weighted by molar-refractivity contribution is 6.21. The van der Waals surface area contributed by atoms with Crippen molar-refractivity contribution in [2.24, 2.45) is 16.7 Å². The van der Waals surface area contributed by atoms with Gasteiger partial charge in [-0.15, -0.1) is 11.6 Å². The molecular weight excluding hydrogens is 226 g/mol. The Hall–Kier alpha value is -0.280. The van der Waals surface area contributed by atoms with Crippen LogP contribution in [0.25, 0.3) is 0 Å². The van der Waals surface area contributed by atoms with E-state index >= 15 is 0 Å². The van der Waals surface area contributed by atoms with Crippen LogP contribution in [0.4, 0.5) is 0 Å². The van der Waals surface area contributed by atoms with Gasteiger partial charge in [0.05, 0.1) is 12.0 Å². The molecule has 3 nitrogen and oxygen atoms in total. The van der Waals surface area contributed by atoms with Gasteiger partial charge in [0.15, 0.2) is 0 Å². The zero-order valence-electron chi connectivity index (χ0n) is 10.8. The first-order valence-corrected chi connectivity index (χ1v) is 6.09. The van der Waals surface area contributed by atoms with Crippen LogP contribution in [0.3, 0.4) is 0 Å². The number of carbonyl (C=O) groups is 1. The SMILES string of the molecule is COCC(Cl)CNC(=O)C1C(C)(C)C1(C)C. The van der Waals surface area contributed by atoms with Gasteiger partial charge in [0, 0.05) is 19.6 Å². The van der Waals surface area contributed by atoms with Gasteiger partial charge in [0.1, 0.15) is 0 Å². The van der Waals surface area contributed by atoms with E-state index in [1.165, 1.54) is 0 Å². The first-order valence-electron chi connectivity index (χ1n) is 5.66. The molecule has 1 rings (SSSR count). The van der Waals surface area contributed by atoms with Crippen molar-refractivity contribution in [1.82, 2.24) is 5.32 Å². The van der Waals surface area contributed by atoms with Gasteiger partial charge in [0.2, 0.25) is 5.91 Å². The predicted molar refractivity (Wildman–Crippen MR) is 65.6 cm³/mol. The first-order chi connectivity index (χ1) is 7.25. The summed E-state index contributed by atoms with van der Waals surface area (Å²) >= 11 is 5.95. The summed E-state index contributed by atoms with van der Waals surface area (Å²) in [7, 11) is 1.60. The van der Waals surface area contributed by atoms with Crippen LogP contribution in [-0.2, 0) is 9.53 Å². The van der Waals surface area contributed by atoms with Crippen molar-refractivity contribution in [3.8, 4) is 0 Å². The normalized spacial score (nSPS) is 23.9. The molecule has 16 heavy (non-hydrogen) atoms. The molecule has 1 saturated carbocycles. The van der Waals surface area contributed by atoms with Gasteiger partial charge in [-0.05, 0) is 10.8 Å². The standard InChI is InChI=1S/C12H22ClNO2/c1-11(2)9(12(11,3)4)10(15)14-6-8(13)7-16-5/h8-9H,6-7H2,1-5H3,(H,14,15). The molecule has 0 aromatic rings. The molecule has 1 aliphatic carbocycles. The van der Waals surface area contributed by atoms with E-state index in [9.17, 15) is 4.79 Å². The fraction of sp³-hybridized carbons (Fsp3) is 0.917. The van der Waals surface area contributed by atoms with Crippen LogP contribution in [-0.4, -0.2) is 31.5 Å². The van der Waals surface area contributed by atoms with Gasteiger partial charge in [0.25, 0.3) is 0 Å². The van der Waals surface area contributed by atoms with Crippen molar-refractivity contribution < 1.29 is 9.53 Å². The minimum atomic E-state index is -0.154. The Bertz CT molecular complexity index is 262. The van der Waals surface area contributed by atoms with Crippen LogP contribution < -0.4 is 5.32 Å². The van der Waals surface area contributed by atoms with E-state index in [1.807, 2.05) is 0 Å². The fourth-order valence-corrected chi connectivity index (χ4v) is 2.61. The second kappa shape index (κ2) is 4.53. The van der Waals surface area contributed by atoms with Crippen molar-refractivity contribution in [3.05, 3.63) is 0 Å². The fourth-order valence-electron chi connectivity index (χ4n) is 2.41. The molecule has 0 aromatic heterocycles. The number of ether oxygens (including phenoxy) is 1. The molecule has 1 amide bonds. The lowest BCUT2D eigenvalue weighted by Crippen LogP contribution is -2.34. The quantitative estimate of drug-likeness (QED) is 0.755. The topological polar surface area (TPSA) is 38.3 Å². The van der Waals surface area contributed by atoms with Crippen LogP contribution in [0.2, 0.25) is 0 Å². The zero-order chi connectivity index (χ0) is 12.6. The summed E-state index contributed by atoms with van der Waals surface area (Å²) in [4.78, 5) is 11.9. The number of amides is 1. The number of hydrogen-bond donors (Lipinski definition) is 1. The number of halogens is 1. The lowest BCUT2D eigenvalue weighted by molar-refractivity contribution is -0.123. The average Bonchev–Trinajstić information content (AvgIpc) is 2.54. The molecule has 1 aliphatic rings. The minimum absolute atomic E-state index is 0.0835. The number of hydrogen-bond acceptors (Lipinski definition) is 2. The Balaban J connectivity index is 2.39. The van der Waals surface area contributed by atoms with Gasteiger partial charge < -0.3 is 10.1 Å². The molecule has 1 fully saturated rings. The van der Waals surface area contributed by atoms with Crippen molar-refractivity contribution in [2.75, 3.05) is 20.3 Å². The van der Waals surface area contributed by atoms with E-state index in [1.54, 1.807) is 7.11 Å². The molecule has 94 valence electrons. The molecule has 0 saturated heterocycles. The highest BCUT2D eigenvalue weighted by atomic mass is 35.5. The zero-order valence-corrected chi connectivity index (χ0v) is 11.5. The summed E-state index contributed by atoms with van der Waals surface area (Å²) in [5.41, 5.74) is 0.167. The Labute approximate surface area is 103 Å². The Morgan fingerprint density at radius 3 is 2.25 bits per heavy atom. The first kappa shape index (κ1) is 13.8. The molecule has 0 radical (unpaired) electrons. The summed E-state index contributed by atoms with van der Waals surface area (Å²) in [5, 5.41) is 2.74. The van der Waals surface area contributed by atoms with E-state index in [2.05, 4.69) is 33.0 Å². The number of rotatable bonds is 5. The molecular formula is C12H22ClNO2. The highest BCUT2D eigenvalue weighted by Crippen LogP contribution is 2.68. The maximum absolute atomic E-state index is 11.9. The summed E-state index contributed by atoms with van der Waals surface area (Å²) in [5.74, 6) is 0.197. The van der Waals surface area contributed by atoms with Gasteiger partial charge in [-0.1, -0.05) is 27.7 Å². The summed E-state index contributed by atoms with van der Waals surface area (Å²) in [6.07, 6.45) is 0. The Morgan fingerprint density at radius 2 is 1.88 bits per heavy atom. The summed E-state index contributed by atoms with van der Waals surface area (Å²) in [6.45, 7) is 9.44. The Kier molecular flexibility index (Phi) is 3.91. The van der Waals surface area contributed by atoms with E-state index in [0.29, 0.717) is 13.2 Å². The molecule has 0 bridgehead atoms. The number of methoxy groups -OCH3 is 1. The highest BCUT2D eigenvalue weighted by Gasteiger charge is 2.68. The van der Waals surface area contributed by atoms with Gasteiger partial charge >= 0.3 is 0 Å². The number of carbonyl (C=O) groups excluding carboxylic acids is 1. The molecule has 1 unspecified atom stereocenters. The molecule has 0 aliphatic heterocycles. The summed E-state index contributed by atoms with van der Waals surface area (Å²) < 4.78 is 4.91. The minimum Gasteiger partial charge on any atom is -0.383 e. The van der Waals surface area contributed by atoms with Crippen LogP contribution in [0, 0.1) is 16.7 Å².